The highest BCUT2D eigenvalue weighted by Gasteiger charge is 2.17. The lowest BCUT2D eigenvalue weighted by atomic mass is 10.0. The zero-order chi connectivity index (χ0) is 20.2. The van der Waals surface area contributed by atoms with E-state index in [-0.39, 0.29) is 12.3 Å². The number of hydrogen-bond acceptors (Lipinski definition) is 3. The van der Waals surface area contributed by atoms with Crippen LogP contribution in [0.1, 0.15) is 103 Å². The zero-order valence-corrected chi connectivity index (χ0v) is 18.8. The lowest BCUT2D eigenvalue weighted by Gasteiger charge is -2.15. The van der Waals surface area contributed by atoms with Gasteiger partial charge in [-0.1, -0.05) is 90.4 Å². The second-order valence-electron chi connectivity index (χ2n) is 7.71. The fourth-order valence-electron chi connectivity index (χ4n) is 3.19. The van der Waals surface area contributed by atoms with Crippen molar-refractivity contribution in [2.45, 2.75) is 109 Å². The van der Waals surface area contributed by atoms with Crippen molar-refractivity contribution in [3.63, 3.8) is 0 Å². The molecule has 0 aromatic heterocycles. The first-order valence-electron chi connectivity index (χ1n) is 11.1. The van der Waals surface area contributed by atoms with Gasteiger partial charge in [0, 0.05) is 13.7 Å². The highest BCUT2D eigenvalue weighted by Crippen LogP contribution is 2.35. The second kappa shape index (κ2) is 19.4. The van der Waals surface area contributed by atoms with E-state index in [0.29, 0.717) is 19.6 Å². The van der Waals surface area contributed by atoms with Crippen molar-refractivity contribution in [3.05, 3.63) is 0 Å². The van der Waals surface area contributed by atoms with Crippen molar-refractivity contribution in [1.29, 1.82) is 0 Å². The molecule has 0 aliphatic carbocycles. The molecule has 0 amide bonds. The van der Waals surface area contributed by atoms with E-state index < -0.39 is 7.60 Å². The van der Waals surface area contributed by atoms with Crippen LogP contribution in [-0.4, -0.2) is 42.4 Å². The number of methoxy groups -OCH3 is 1. The van der Waals surface area contributed by atoms with Gasteiger partial charge in [0.2, 0.25) is 0 Å². The topological polar surface area (TPSA) is 76.0 Å². The minimum Gasteiger partial charge on any atom is -0.379 e. The van der Waals surface area contributed by atoms with Crippen molar-refractivity contribution < 1.29 is 23.8 Å². The summed E-state index contributed by atoms with van der Waals surface area (Å²) in [6.45, 7) is 3.38. The SMILES string of the molecule is CCCCCCCCCCCCCCCCOC[C@H](CCP(=O)(O)O)OC. The van der Waals surface area contributed by atoms with Crippen LogP contribution in [0.5, 0.6) is 0 Å². The predicted molar refractivity (Wildman–Crippen MR) is 113 cm³/mol. The molecule has 0 spiro atoms. The third-order valence-corrected chi connectivity index (χ3v) is 5.86. The summed E-state index contributed by atoms with van der Waals surface area (Å²) >= 11 is 0. The van der Waals surface area contributed by atoms with Gasteiger partial charge in [-0.25, -0.2) is 0 Å². The first-order valence-corrected chi connectivity index (χ1v) is 12.9. The summed E-state index contributed by atoms with van der Waals surface area (Å²) in [6.07, 6.45) is 18.7. The predicted octanol–water partition coefficient (Wildman–Crippen LogP) is 6.07. The number of unbranched alkanes of at least 4 members (excludes halogenated alkanes) is 13. The Balaban J connectivity index is 3.25. The van der Waals surface area contributed by atoms with Crippen LogP contribution in [0.25, 0.3) is 0 Å². The normalized spacial score (nSPS) is 13.2. The van der Waals surface area contributed by atoms with Crippen molar-refractivity contribution in [2.75, 3.05) is 26.5 Å². The molecular weight excluding hydrogens is 363 g/mol. The van der Waals surface area contributed by atoms with E-state index in [0.717, 1.165) is 6.42 Å². The van der Waals surface area contributed by atoms with Gasteiger partial charge >= 0.3 is 7.60 Å². The van der Waals surface area contributed by atoms with Crippen LogP contribution in [0.2, 0.25) is 0 Å². The lowest BCUT2D eigenvalue weighted by Crippen LogP contribution is -2.20. The molecule has 5 nitrogen and oxygen atoms in total. The van der Waals surface area contributed by atoms with Crippen LogP contribution in [0.3, 0.4) is 0 Å². The molecule has 0 saturated carbocycles. The van der Waals surface area contributed by atoms with E-state index in [1.54, 1.807) is 7.11 Å². The molecule has 0 radical (unpaired) electrons. The Morgan fingerprint density at radius 2 is 1.22 bits per heavy atom. The van der Waals surface area contributed by atoms with Gasteiger partial charge in [-0.2, -0.15) is 0 Å². The average Bonchev–Trinajstić information content (AvgIpc) is 2.63. The summed E-state index contributed by atoms with van der Waals surface area (Å²) in [6, 6.07) is 0. The van der Waals surface area contributed by atoms with Gasteiger partial charge in [-0.3, -0.25) is 4.57 Å². The first kappa shape index (κ1) is 27.1. The van der Waals surface area contributed by atoms with Gasteiger partial charge < -0.3 is 19.3 Å². The Hall–Kier alpha value is 0.0700. The van der Waals surface area contributed by atoms with Crippen LogP contribution in [0, 0.1) is 0 Å². The fourth-order valence-corrected chi connectivity index (χ4v) is 3.82. The summed E-state index contributed by atoms with van der Waals surface area (Å²) < 4.78 is 21.7. The molecule has 0 saturated heterocycles. The number of hydrogen-bond donors (Lipinski definition) is 2. The van der Waals surface area contributed by atoms with Gasteiger partial charge in [0.1, 0.15) is 0 Å². The van der Waals surface area contributed by atoms with Crippen LogP contribution in [0.15, 0.2) is 0 Å². The van der Waals surface area contributed by atoms with Crippen LogP contribution >= 0.6 is 7.60 Å². The summed E-state index contributed by atoms with van der Waals surface area (Å²) in [5.41, 5.74) is 0. The van der Waals surface area contributed by atoms with Crippen molar-refractivity contribution in [2.24, 2.45) is 0 Å². The van der Waals surface area contributed by atoms with Crippen LogP contribution < -0.4 is 0 Å². The van der Waals surface area contributed by atoms with Gasteiger partial charge in [-0.15, -0.1) is 0 Å². The third-order valence-electron chi connectivity index (χ3n) is 5.02. The largest absolute Gasteiger partial charge is 0.379 e. The maximum Gasteiger partial charge on any atom is 0.325 e. The Kier molecular flexibility index (Phi) is 19.4. The molecule has 27 heavy (non-hydrogen) atoms. The lowest BCUT2D eigenvalue weighted by molar-refractivity contribution is 0.00575. The van der Waals surface area contributed by atoms with Gasteiger partial charge in [0.25, 0.3) is 0 Å². The minimum atomic E-state index is -3.94. The molecule has 2 N–H and O–H groups in total. The highest BCUT2D eigenvalue weighted by atomic mass is 31.2. The van der Waals surface area contributed by atoms with E-state index in [1.807, 2.05) is 0 Å². The smallest absolute Gasteiger partial charge is 0.325 e. The van der Waals surface area contributed by atoms with Crippen molar-refractivity contribution in [1.82, 2.24) is 0 Å². The van der Waals surface area contributed by atoms with Gasteiger partial charge in [-0.05, 0) is 12.8 Å². The molecule has 1 atom stereocenters. The number of rotatable bonds is 21. The molecule has 0 rings (SSSR count). The molecule has 6 heteroatoms. The summed E-state index contributed by atoms with van der Waals surface area (Å²) in [5.74, 6) is 0. The Bertz CT molecular complexity index is 345. The van der Waals surface area contributed by atoms with E-state index in [1.165, 1.54) is 83.5 Å². The van der Waals surface area contributed by atoms with Crippen molar-refractivity contribution >= 4 is 7.60 Å². The quantitative estimate of drug-likeness (QED) is 0.178. The standard InChI is InChI=1S/C21H45O5P/c1-3-4-5-6-7-8-9-10-11-12-13-14-15-16-18-26-20-21(25-2)17-19-27(22,23)24/h21H,3-20H2,1-2H3,(H2,22,23,24)/t21-/m0/s1. The van der Waals surface area contributed by atoms with Gasteiger partial charge in [0.05, 0.1) is 18.9 Å². The van der Waals surface area contributed by atoms with E-state index >= 15 is 0 Å². The molecule has 0 aliphatic heterocycles. The van der Waals surface area contributed by atoms with Crippen molar-refractivity contribution in [3.8, 4) is 0 Å². The van der Waals surface area contributed by atoms with E-state index in [2.05, 4.69) is 6.92 Å². The summed E-state index contributed by atoms with van der Waals surface area (Å²) in [4.78, 5) is 17.8. The molecule has 164 valence electrons. The molecule has 0 aromatic carbocycles. The van der Waals surface area contributed by atoms with E-state index in [9.17, 15) is 4.57 Å². The van der Waals surface area contributed by atoms with Gasteiger partial charge in [0.15, 0.2) is 0 Å². The molecular formula is C21H45O5P. The zero-order valence-electron chi connectivity index (χ0n) is 17.9. The van der Waals surface area contributed by atoms with Crippen LogP contribution in [-0.2, 0) is 14.0 Å². The maximum atomic E-state index is 10.9. The average molecular weight is 409 g/mol. The molecule has 0 heterocycles. The molecule has 0 aliphatic rings. The minimum absolute atomic E-state index is 0.145. The Morgan fingerprint density at radius 1 is 0.778 bits per heavy atom. The monoisotopic (exact) mass is 408 g/mol. The molecule has 0 unspecified atom stereocenters. The molecule has 0 bridgehead atoms. The fraction of sp³-hybridized carbons (Fsp3) is 1.00. The first-order chi connectivity index (χ1) is 13.0. The van der Waals surface area contributed by atoms with E-state index in [4.69, 9.17) is 19.3 Å². The summed E-state index contributed by atoms with van der Waals surface area (Å²) in [5, 5.41) is 0. The second-order valence-corrected chi connectivity index (χ2v) is 9.48. The van der Waals surface area contributed by atoms with Crippen LogP contribution in [0.4, 0.5) is 0 Å². The Morgan fingerprint density at radius 3 is 1.63 bits per heavy atom. The number of ether oxygens (including phenoxy) is 2. The summed E-state index contributed by atoms with van der Waals surface area (Å²) in [7, 11) is -2.39. The molecule has 0 aromatic rings. The molecule has 0 fully saturated rings. The third kappa shape index (κ3) is 22.2. The highest BCUT2D eigenvalue weighted by molar-refractivity contribution is 7.51. The maximum absolute atomic E-state index is 10.9. The Labute approximate surface area is 167 Å².